The second-order valence-electron chi connectivity index (χ2n) is 5.37. The SMILES string of the molecule is CNC(=O)c1ccc2ncn(Cc3ccc(P(=O)(O)O)cc3)c2c1. The highest BCUT2D eigenvalue weighted by atomic mass is 31.2. The molecule has 0 atom stereocenters. The van der Waals surface area contributed by atoms with E-state index in [0.29, 0.717) is 12.1 Å². The minimum atomic E-state index is -4.23. The number of amides is 1. The molecule has 0 aliphatic heterocycles. The van der Waals surface area contributed by atoms with Crippen LogP contribution in [0.4, 0.5) is 0 Å². The van der Waals surface area contributed by atoms with Gasteiger partial charge in [0.15, 0.2) is 0 Å². The Morgan fingerprint density at radius 3 is 2.54 bits per heavy atom. The summed E-state index contributed by atoms with van der Waals surface area (Å²) < 4.78 is 13.1. The maximum Gasteiger partial charge on any atom is 0.356 e. The van der Waals surface area contributed by atoms with Gasteiger partial charge in [-0.3, -0.25) is 9.36 Å². The van der Waals surface area contributed by atoms with Crippen LogP contribution >= 0.6 is 7.60 Å². The Morgan fingerprint density at radius 1 is 1.21 bits per heavy atom. The predicted octanol–water partition coefficient (Wildman–Crippen LogP) is 1.25. The lowest BCUT2D eigenvalue weighted by atomic mass is 10.1. The van der Waals surface area contributed by atoms with E-state index in [1.54, 1.807) is 43.7 Å². The molecule has 2 aromatic carbocycles. The van der Waals surface area contributed by atoms with Gasteiger partial charge in [-0.2, -0.15) is 0 Å². The minimum absolute atomic E-state index is 0.0105. The van der Waals surface area contributed by atoms with E-state index in [9.17, 15) is 9.36 Å². The molecule has 0 radical (unpaired) electrons. The third kappa shape index (κ3) is 3.23. The largest absolute Gasteiger partial charge is 0.356 e. The van der Waals surface area contributed by atoms with Crippen LogP contribution < -0.4 is 10.6 Å². The molecular weight excluding hydrogens is 329 g/mol. The summed E-state index contributed by atoms with van der Waals surface area (Å²) in [6.07, 6.45) is 1.68. The predicted molar refractivity (Wildman–Crippen MR) is 90.3 cm³/mol. The second kappa shape index (κ2) is 6.20. The van der Waals surface area contributed by atoms with E-state index in [2.05, 4.69) is 10.3 Å². The highest BCUT2D eigenvalue weighted by Gasteiger charge is 2.16. The molecule has 0 aliphatic carbocycles. The van der Waals surface area contributed by atoms with Gasteiger partial charge in [0.05, 0.1) is 22.7 Å². The topological polar surface area (TPSA) is 104 Å². The van der Waals surface area contributed by atoms with E-state index >= 15 is 0 Å². The highest BCUT2D eigenvalue weighted by molar-refractivity contribution is 7.60. The smallest absolute Gasteiger partial charge is 0.355 e. The number of aromatic nitrogens is 2. The maximum absolute atomic E-state index is 11.8. The van der Waals surface area contributed by atoms with Crippen LogP contribution in [-0.4, -0.2) is 32.3 Å². The molecule has 0 spiro atoms. The van der Waals surface area contributed by atoms with Gasteiger partial charge in [0.25, 0.3) is 5.91 Å². The Morgan fingerprint density at radius 2 is 1.92 bits per heavy atom. The van der Waals surface area contributed by atoms with Gasteiger partial charge in [-0.25, -0.2) is 4.98 Å². The molecule has 124 valence electrons. The summed E-state index contributed by atoms with van der Waals surface area (Å²) in [7, 11) is -2.66. The summed E-state index contributed by atoms with van der Waals surface area (Å²) in [6, 6.07) is 11.5. The first kappa shape index (κ1) is 16.4. The number of hydrogen-bond donors (Lipinski definition) is 3. The Bertz CT molecular complexity index is 944. The molecular formula is C16H16N3O4P. The van der Waals surface area contributed by atoms with Crippen molar-refractivity contribution < 1.29 is 19.1 Å². The first-order valence-electron chi connectivity index (χ1n) is 7.20. The normalized spacial score (nSPS) is 11.6. The van der Waals surface area contributed by atoms with Crippen molar-refractivity contribution in [1.29, 1.82) is 0 Å². The van der Waals surface area contributed by atoms with Gasteiger partial charge < -0.3 is 19.7 Å². The van der Waals surface area contributed by atoms with Gasteiger partial charge >= 0.3 is 7.60 Å². The summed E-state index contributed by atoms with van der Waals surface area (Å²) >= 11 is 0. The molecule has 7 nitrogen and oxygen atoms in total. The maximum atomic E-state index is 11.8. The van der Waals surface area contributed by atoms with Crippen LogP contribution in [0.3, 0.4) is 0 Å². The lowest BCUT2D eigenvalue weighted by Gasteiger charge is -2.08. The Hall–Kier alpha value is -2.47. The Balaban J connectivity index is 1.92. The summed E-state index contributed by atoms with van der Waals surface area (Å²) in [5.41, 5.74) is 3.00. The van der Waals surface area contributed by atoms with Crippen LogP contribution in [0.2, 0.25) is 0 Å². The van der Waals surface area contributed by atoms with Crippen molar-refractivity contribution in [3.8, 4) is 0 Å². The van der Waals surface area contributed by atoms with Crippen molar-refractivity contribution in [3.63, 3.8) is 0 Å². The fourth-order valence-electron chi connectivity index (χ4n) is 2.46. The number of carbonyl (C=O) groups is 1. The zero-order chi connectivity index (χ0) is 17.3. The fourth-order valence-corrected chi connectivity index (χ4v) is 3.00. The van der Waals surface area contributed by atoms with Gasteiger partial charge in [0.2, 0.25) is 0 Å². The van der Waals surface area contributed by atoms with E-state index in [1.807, 2.05) is 4.57 Å². The first-order chi connectivity index (χ1) is 11.4. The van der Waals surface area contributed by atoms with Gasteiger partial charge in [-0.15, -0.1) is 0 Å². The van der Waals surface area contributed by atoms with Crippen molar-refractivity contribution >= 4 is 29.8 Å². The summed E-state index contributed by atoms with van der Waals surface area (Å²) in [5, 5.41) is 2.57. The van der Waals surface area contributed by atoms with E-state index in [1.165, 1.54) is 12.1 Å². The third-order valence-corrected chi connectivity index (χ3v) is 4.71. The Labute approximate surface area is 138 Å². The molecule has 0 saturated carbocycles. The molecule has 3 N–H and O–H groups in total. The molecule has 1 amide bonds. The fraction of sp³-hybridized carbons (Fsp3) is 0.125. The molecule has 1 aromatic heterocycles. The number of rotatable bonds is 4. The summed E-state index contributed by atoms with van der Waals surface area (Å²) in [4.78, 5) is 34.4. The third-order valence-electron chi connectivity index (χ3n) is 3.74. The van der Waals surface area contributed by atoms with Crippen LogP contribution in [0.25, 0.3) is 11.0 Å². The number of carbonyl (C=O) groups excluding carboxylic acids is 1. The molecule has 0 fully saturated rings. The molecule has 3 rings (SSSR count). The van der Waals surface area contributed by atoms with Crippen LogP contribution in [0.15, 0.2) is 48.8 Å². The summed E-state index contributed by atoms with van der Waals surface area (Å²) in [5.74, 6) is -0.171. The van der Waals surface area contributed by atoms with E-state index in [0.717, 1.165) is 16.6 Å². The van der Waals surface area contributed by atoms with Gasteiger partial charge in [-0.1, -0.05) is 12.1 Å². The molecule has 3 aromatic rings. The zero-order valence-corrected chi connectivity index (χ0v) is 13.8. The van der Waals surface area contributed by atoms with Crippen molar-refractivity contribution in [2.24, 2.45) is 0 Å². The molecule has 0 unspecified atom stereocenters. The number of imidazole rings is 1. The first-order valence-corrected chi connectivity index (χ1v) is 8.82. The van der Waals surface area contributed by atoms with Crippen LogP contribution in [-0.2, 0) is 11.1 Å². The summed E-state index contributed by atoms with van der Waals surface area (Å²) in [6.45, 7) is 0.481. The van der Waals surface area contributed by atoms with Gasteiger partial charge in [0.1, 0.15) is 0 Å². The number of benzene rings is 2. The zero-order valence-electron chi connectivity index (χ0n) is 12.9. The molecule has 0 aliphatic rings. The molecule has 0 bridgehead atoms. The quantitative estimate of drug-likeness (QED) is 0.617. The van der Waals surface area contributed by atoms with Crippen LogP contribution in [0, 0.1) is 0 Å². The monoisotopic (exact) mass is 345 g/mol. The van der Waals surface area contributed by atoms with Crippen molar-refractivity contribution in [2.75, 3.05) is 7.05 Å². The second-order valence-corrected chi connectivity index (χ2v) is 6.97. The highest BCUT2D eigenvalue weighted by Crippen LogP contribution is 2.32. The minimum Gasteiger partial charge on any atom is -0.355 e. The number of nitrogens with zero attached hydrogens (tertiary/aromatic N) is 2. The standard InChI is InChI=1S/C16H16N3O4P/c1-17-16(20)12-4-7-14-15(8-12)19(10-18-14)9-11-2-5-13(6-3-11)24(21,22)23/h2-8,10H,9H2,1H3,(H,17,20)(H2,21,22,23). The average Bonchev–Trinajstić information content (AvgIpc) is 2.96. The Kier molecular flexibility index (Phi) is 4.24. The van der Waals surface area contributed by atoms with Gasteiger partial charge in [0, 0.05) is 19.2 Å². The van der Waals surface area contributed by atoms with Crippen molar-refractivity contribution in [2.45, 2.75) is 6.54 Å². The number of hydrogen-bond acceptors (Lipinski definition) is 3. The van der Waals surface area contributed by atoms with E-state index in [-0.39, 0.29) is 11.2 Å². The number of fused-ring (bicyclic) bond motifs is 1. The van der Waals surface area contributed by atoms with Gasteiger partial charge in [-0.05, 0) is 35.9 Å². The van der Waals surface area contributed by atoms with Crippen molar-refractivity contribution in [3.05, 3.63) is 59.9 Å². The molecule has 24 heavy (non-hydrogen) atoms. The number of nitrogens with one attached hydrogen (secondary N) is 1. The molecule has 1 heterocycles. The van der Waals surface area contributed by atoms with Crippen molar-refractivity contribution in [1.82, 2.24) is 14.9 Å². The lowest BCUT2D eigenvalue weighted by Crippen LogP contribution is -2.17. The molecule has 0 saturated heterocycles. The molecule has 8 heteroatoms. The van der Waals surface area contributed by atoms with Crippen LogP contribution in [0.1, 0.15) is 15.9 Å². The van der Waals surface area contributed by atoms with Crippen LogP contribution in [0.5, 0.6) is 0 Å². The average molecular weight is 345 g/mol. The van der Waals surface area contributed by atoms with E-state index < -0.39 is 7.60 Å². The van der Waals surface area contributed by atoms with E-state index in [4.69, 9.17) is 9.79 Å². The lowest BCUT2D eigenvalue weighted by molar-refractivity contribution is 0.0963.